The summed E-state index contributed by atoms with van der Waals surface area (Å²) in [7, 11) is 0. The Bertz CT molecular complexity index is 667. The van der Waals surface area contributed by atoms with Crippen LogP contribution in [-0.4, -0.2) is 71.5 Å². The Hall–Kier alpha value is -1.70. The summed E-state index contributed by atoms with van der Waals surface area (Å²) in [6, 6.07) is 4.39. The molecule has 0 bridgehead atoms. The Morgan fingerprint density at radius 1 is 1.12 bits per heavy atom. The molecule has 0 atom stereocenters. The minimum Gasteiger partial charge on any atom is -0.380 e. The summed E-state index contributed by atoms with van der Waals surface area (Å²) in [5, 5.41) is 3.65. The number of hydrogen-bond acceptors (Lipinski definition) is 6. The third-order valence-corrected chi connectivity index (χ3v) is 4.84. The molecular weight excluding hydrogens is 330 g/mol. The second-order valence-electron chi connectivity index (χ2n) is 6.59. The van der Waals surface area contributed by atoms with E-state index in [2.05, 4.69) is 19.8 Å². The second-order valence-corrected chi connectivity index (χ2v) is 6.59. The summed E-state index contributed by atoms with van der Waals surface area (Å²) < 4.78 is 13.1. The normalized spacial score (nSPS) is 16.4. The van der Waals surface area contributed by atoms with Crippen molar-refractivity contribution in [2.24, 2.45) is 0 Å². The van der Waals surface area contributed by atoms with Crippen molar-refractivity contribution in [2.45, 2.75) is 39.3 Å². The molecule has 2 aromatic rings. The molecule has 1 aliphatic heterocycles. The van der Waals surface area contributed by atoms with Crippen LogP contribution in [-0.2, 0) is 16.0 Å². The Morgan fingerprint density at radius 3 is 2.58 bits per heavy atom. The molecule has 7 heteroatoms. The molecule has 3 rings (SSSR count). The average Bonchev–Trinajstić information content (AvgIpc) is 3.01. The third-order valence-electron chi connectivity index (χ3n) is 4.84. The number of imidazole rings is 1. The molecule has 1 fully saturated rings. The molecule has 0 aliphatic carbocycles. The number of ether oxygens (including phenoxy) is 2. The van der Waals surface area contributed by atoms with Crippen molar-refractivity contribution in [3.8, 4) is 0 Å². The van der Waals surface area contributed by atoms with Gasteiger partial charge in [-0.3, -0.25) is 4.57 Å². The lowest BCUT2D eigenvalue weighted by Crippen LogP contribution is -2.41. The number of pyridine rings is 1. The Morgan fingerprint density at radius 2 is 1.85 bits per heavy atom. The SMILES string of the molecule is CCOCCN1CCC(Nc2nc3cccnc3n2CCOCC)CC1. The largest absolute Gasteiger partial charge is 0.380 e. The van der Waals surface area contributed by atoms with Crippen LogP contribution in [0.5, 0.6) is 0 Å². The number of piperidine rings is 1. The number of nitrogens with one attached hydrogen (secondary N) is 1. The number of likely N-dealkylation sites (tertiary alicyclic amines) is 1. The number of fused-ring (bicyclic) bond motifs is 1. The monoisotopic (exact) mass is 361 g/mol. The van der Waals surface area contributed by atoms with Gasteiger partial charge in [0.15, 0.2) is 5.65 Å². The van der Waals surface area contributed by atoms with Gasteiger partial charge in [0.2, 0.25) is 5.95 Å². The molecule has 1 aliphatic rings. The third kappa shape index (κ3) is 4.93. The van der Waals surface area contributed by atoms with Gasteiger partial charge < -0.3 is 19.7 Å². The van der Waals surface area contributed by atoms with E-state index in [1.165, 1.54) is 0 Å². The molecule has 0 unspecified atom stereocenters. The average molecular weight is 361 g/mol. The lowest BCUT2D eigenvalue weighted by molar-refractivity contribution is 0.103. The van der Waals surface area contributed by atoms with Crippen LogP contribution in [0.4, 0.5) is 5.95 Å². The van der Waals surface area contributed by atoms with Gasteiger partial charge in [0.1, 0.15) is 5.52 Å². The Labute approximate surface area is 155 Å². The van der Waals surface area contributed by atoms with E-state index < -0.39 is 0 Å². The standard InChI is InChI=1S/C19H31N5O2/c1-3-25-14-12-23-10-7-16(8-11-23)21-19-22-17-6-5-9-20-18(17)24(19)13-15-26-4-2/h5-6,9,16H,3-4,7-8,10-15H2,1-2H3,(H,21,22). The lowest BCUT2D eigenvalue weighted by atomic mass is 10.1. The molecule has 0 radical (unpaired) electrons. The first-order valence-corrected chi connectivity index (χ1v) is 9.77. The summed E-state index contributed by atoms with van der Waals surface area (Å²) >= 11 is 0. The molecule has 26 heavy (non-hydrogen) atoms. The Kier molecular flexibility index (Phi) is 7.22. The highest BCUT2D eigenvalue weighted by molar-refractivity contribution is 5.74. The molecule has 1 saturated heterocycles. The van der Waals surface area contributed by atoms with Crippen molar-refractivity contribution in [1.29, 1.82) is 0 Å². The van der Waals surface area contributed by atoms with Crippen LogP contribution in [0.15, 0.2) is 18.3 Å². The highest BCUT2D eigenvalue weighted by Gasteiger charge is 2.21. The number of anilines is 1. The minimum absolute atomic E-state index is 0.445. The summed E-state index contributed by atoms with van der Waals surface area (Å²) in [4.78, 5) is 11.8. The first-order chi connectivity index (χ1) is 12.8. The number of rotatable bonds is 10. The van der Waals surface area contributed by atoms with Crippen LogP contribution in [0.1, 0.15) is 26.7 Å². The van der Waals surface area contributed by atoms with E-state index in [1.54, 1.807) is 0 Å². The van der Waals surface area contributed by atoms with E-state index in [9.17, 15) is 0 Å². The van der Waals surface area contributed by atoms with E-state index in [0.717, 1.165) is 76.0 Å². The van der Waals surface area contributed by atoms with Gasteiger partial charge in [0, 0.05) is 45.1 Å². The van der Waals surface area contributed by atoms with Crippen LogP contribution < -0.4 is 5.32 Å². The van der Waals surface area contributed by atoms with E-state index >= 15 is 0 Å². The van der Waals surface area contributed by atoms with Crippen molar-refractivity contribution in [2.75, 3.05) is 51.4 Å². The molecule has 2 aromatic heterocycles. The molecule has 0 amide bonds. The zero-order valence-corrected chi connectivity index (χ0v) is 16.0. The number of aromatic nitrogens is 3. The topological polar surface area (TPSA) is 64.4 Å². The predicted octanol–water partition coefficient (Wildman–Crippen LogP) is 2.38. The molecule has 0 saturated carbocycles. The fourth-order valence-corrected chi connectivity index (χ4v) is 3.40. The van der Waals surface area contributed by atoms with E-state index in [4.69, 9.17) is 14.5 Å². The summed E-state index contributed by atoms with van der Waals surface area (Å²) in [5.74, 6) is 0.908. The maximum Gasteiger partial charge on any atom is 0.205 e. The van der Waals surface area contributed by atoms with E-state index in [1.807, 2.05) is 32.2 Å². The zero-order chi connectivity index (χ0) is 18.2. The van der Waals surface area contributed by atoms with E-state index in [0.29, 0.717) is 12.6 Å². The maximum absolute atomic E-state index is 5.54. The summed E-state index contributed by atoms with van der Waals surface area (Å²) in [6.45, 7) is 11.1. The molecule has 3 heterocycles. The molecule has 1 N–H and O–H groups in total. The van der Waals surface area contributed by atoms with Crippen molar-refractivity contribution in [1.82, 2.24) is 19.4 Å². The van der Waals surface area contributed by atoms with Crippen LogP contribution in [0.2, 0.25) is 0 Å². The highest BCUT2D eigenvalue weighted by Crippen LogP contribution is 2.21. The smallest absolute Gasteiger partial charge is 0.205 e. The molecule has 144 valence electrons. The fraction of sp³-hybridized carbons (Fsp3) is 0.684. The molecular formula is C19H31N5O2. The van der Waals surface area contributed by atoms with E-state index in [-0.39, 0.29) is 0 Å². The van der Waals surface area contributed by atoms with Crippen molar-refractivity contribution in [3.63, 3.8) is 0 Å². The van der Waals surface area contributed by atoms with Crippen LogP contribution in [0.25, 0.3) is 11.2 Å². The zero-order valence-electron chi connectivity index (χ0n) is 16.0. The van der Waals surface area contributed by atoms with Crippen molar-refractivity contribution >= 4 is 17.1 Å². The van der Waals surface area contributed by atoms with Crippen molar-refractivity contribution in [3.05, 3.63) is 18.3 Å². The number of hydrogen-bond donors (Lipinski definition) is 1. The molecule has 0 aromatic carbocycles. The van der Waals surface area contributed by atoms with Gasteiger partial charge in [0.25, 0.3) is 0 Å². The summed E-state index contributed by atoms with van der Waals surface area (Å²) in [5.41, 5.74) is 1.85. The van der Waals surface area contributed by atoms with Gasteiger partial charge in [-0.15, -0.1) is 0 Å². The minimum atomic E-state index is 0.445. The predicted molar refractivity (Wildman–Crippen MR) is 104 cm³/mol. The quantitative estimate of drug-likeness (QED) is 0.656. The first-order valence-electron chi connectivity index (χ1n) is 9.77. The van der Waals surface area contributed by atoms with Crippen LogP contribution in [0.3, 0.4) is 0 Å². The van der Waals surface area contributed by atoms with Gasteiger partial charge in [-0.05, 0) is 38.8 Å². The van der Waals surface area contributed by atoms with Gasteiger partial charge in [-0.1, -0.05) is 0 Å². The maximum atomic E-state index is 5.54. The van der Waals surface area contributed by atoms with Crippen LogP contribution in [0, 0.1) is 0 Å². The van der Waals surface area contributed by atoms with Crippen LogP contribution >= 0.6 is 0 Å². The van der Waals surface area contributed by atoms with Gasteiger partial charge in [-0.2, -0.15) is 0 Å². The Balaban J connectivity index is 1.60. The molecule has 7 nitrogen and oxygen atoms in total. The number of nitrogens with zero attached hydrogens (tertiary/aromatic N) is 4. The second kappa shape index (κ2) is 9.85. The molecule has 0 spiro atoms. The summed E-state index contributed by atoms with van der Waals surface area (Å²) in [6.07, 6.45) is 4.06. The van der Waals surface area contributed by atoms with Gasteiger partial charge in [0.05, 0.1) is 19.8 Å². The highest BCUT2D eigenvalue weighted by atomic mass is 16.5. The van der Waals surface area contributed by atoms with Gasteiger partial charge in [-0.25, -0.2) is 9.97 Å². The fourth-order valence-electron chi connectivity index (χ4n) is 3.40. The van der Waals surface area contributed by atoms with Gasteiger partial charge >= 0.3 is 0 Å². The lowest BCUT2D eigenvalue weighted by Gasteiger charge is -2.32. The van der Waals surface area contributed by atoms with Crippen molar-refractivity contribution < 1.29 is 9.47 Å². The first kappa shape index (κ1) is 19.1.